The zero-order valence-electron chi connectivity index (χ0n) is 32.3. The zero-order valence-corrected chi connectivity index (χ0v) is 32.3. The zero-order chi connectivity index (χ0) is 38.6. The third-order valence-electron chi connectivity index (χ3n) is 10.5. The number of urea groups is 2. The van der Waals surface area contributed by atoms with Crippen LogP contribution in [0.1, 0.15) is 61.8 Å². The molecular formula is C38H62N14O3. The number of fused-ring (bicyclic) bond motifs is 2. The summed E-state index contributed by atoms with van der Waals surface area (Å²) in [6.07, 6.45) is 4.60. The molecule has 17 heteroatoms. The molecule has 6 rings (SSSR count). The van der Waals surface area contributed by atoms with Crippen LogP contribution in [0.25, 0.3) is 0 Å². The highest BCUT2D eigenvalue weighted by atomic mass is 16.2. The number of hydrogen-bond acceptors (Lipinski definition) is 12. The minimum atomic E-state index is -0.387. The molecule has 2 fully saturated rings. The summed E-state index contributed by atoms with van der Waals surface area (Å²) in [4.78, 5) is 40.7. The van der Waals surface area contributed by atoms with Gasteiger partial charge in [0.05, 0.1) is 18.9 Å². The Bertz CT molecular complexity index is 1600. The van der Waals surface area contributed by atoms with Gasteiger partial charge in [0, 0.05) is 49.6 Å². The maximum Gasteiger partial charge on any atom is 0.321 e. The third kappa shape index (κ3) is 12.8. The Balaban J connectivity index is 0.859. The summed E-state index contributed by atoms with van der Waals surface area (Å²) in [6, 6.07) is 11.9. The van der Waals surface area contributed by atoms with Crippen molar-refractivity contribution in [3.8, 4) is 0 Å². The van der Waals surface area contributed by atoms with Gasteiger partial charge in [0.1, 0.15) is 12.6 Å². The number of benzene rings is 2. The predicted molar refractivity (Wildman–Crippen MR) is 215 cm³/mol. The number of nitrogens with one attached hydrogen (secondary N) is 12. The minimum absolute atomic E-state index is 0.00582. The average Bonchev–Trinajstić information content (AvgIpc) is 3.14. The molecule has 55 heavy (non-hydrogen) atoms. The molecule has 5 amide bonds. The van der Waals surface area contributed by atoms with E-state index in [1.807, 2.05) is 24.3 Å². The van der Waals surface area contributed by atoms with Crippen LogP contribution in [-0.2, 0) is 30.7 Å². The number of nitrogens with zero attached hydrogens (tertiary/aromatic N) is 1. The van der Waals surface area contributed by atoms with E-state index in [2.05, 4.69) is 94.7 Å². The maximum absolute atomic E-state index is 12.9. The first-order valence-electron chi connectivity index (χ1n) is 20.0. The Morgan fingerprint density at radius 1 is 0.745 bits per heavy atom. The van der Waals surface area contributed by atoms with Crippen LogP contribution in [-0.4, -0.2) is 106 Å². The van der Waals surface area contributed by atoms with Gasteiger partial charge in [-0.3, -0.25) is 31.0 Å². The number of nitrogens with two attached hydrogens (primary N) is 1. The fourth-order valence-electron chi connectivity index (χ4n) is 7.71. The summed E-state index contributed by atoms with van der Waals surface area (Å²) >= 11 is 0. The molecule has 2 aromatic carbocycles. The smallest absolute Gasteiger partial charge is 0.321 e. The average molecular weight is 763 g/mol. The van der Waals surface area contributed by atoms with Crippen molar-refractivity contribution >= 4 is 29.3 Å². The SMILES string of the molecule is CC1CC(NCCCN)NC(NC(=O)Nc2ccc3c(c2)CN(CC(=O)NCCCNC2CC(C)NC(NC(=O)Nc4ccc5c(c4)CNCC5)N2)CC3)N1. The summed E-state index contributed by atoms with van der Waals surface area (Å²) < 4.78 is 0. The summed E-state index contributed by atoms with van der Waals surface area (Å²) in [5.41, 5.74) is 12.0. The molecule has 2 saturated heterocycles. The number of carbonyl (C=O) groups is 3. The van der Waals surface area contributed by atoms with Crippen molar-refractivity contribution in [1.29, 1.82) is 0 Å². The molecule has 4 aliphatic rings. The van der Waals surface area contributed by atoms with Gasteiger partial charge in [-0.05, 0) is 125 Å². The lowest BCUT2D eigenvalue weighted by Gasteiger charge is -2.37. The monoisotopic (exact) mass is 763 g/mol. The van der Waals surface area contributed by atoms with Gasteiger partial charge in [0.15, 0.2) is 0 Å². The van der Waals surface area contributed by atoms with Crippen LogP contribution in [0.2, 0.25) is 0 Å². The van der Waals surface area contributed by atoms with Crippen LogP contribution < -0.4 is 69.5 Å². The molecule has 0 bridgehead atoms. The lowest BCUT2D eigenvalue weighted by molar-refractivity contribution is -0.122. The number of hydrogen-bond donors (Lipinski definition) is 13. The summed E-state index contributed by atoms with van der Waals surface area (Å²) in [6.45, 7) is 10.5. The number of anilines is 2. The second kappa shape index (κ2) is 20.3. The van der Waals surface area contributed by atoms with E-state index in [1.165, 1.54) is 16.7 Å². The van der Waals surface area contributed by atoms with Crippen molar-refractivity contribution in [3.05, 3.63) is 58.7 Å². The van der Waals surface area contributed by atoms with E-state index >= 15 is 0 Å². The van der Waals surface area contributed by atoms with Crippen molar-refractivity contribution in [2.24, 2.45) is 5.73 Å². The highest BCUT2D eigenvalue weighted by Gasteiger charge is 2.27. The Kier molecular flexibility index (Phi) is 15.0. The summed E-state index contributed by atoms with van der Waals surface area (Å²) in [5, 5.41) is 38.8. The first kappa shape index (κ1) is 40.7. The fourth-order valence-corrected chi connectivity index (χ4v) is 7.71. The lowest BCUT2D eigenvalue weighted by Crippen LogP contribution is -2.67. The quantitative estimate of drug-likeness (QED) is 0.106. The van der Waals surface area contributed by atoms with Gasteiger partial charge in [0.2, 0.25) is 5.91 Å². The number of rotatable bonds is 15. The Labute approximate surface area is 324 Å². The molecule has 2 aromatic rings. The van der Waals surface area contributed by atoms with Gasteiger partial charge in [-0.25, -0.2) is 9.59 Å². The minimum Gasteiger partial charge on any atom is -0.355 e. The summed E-state index contributed by atoms with van der Waals surface area (Å²) in [7, 11) is 0. The summed E-state index contributed by atoms with van der Waals surface area (Å²) in [5.74, 6) is -0.00582. The van der Waals surface area contributed by atoms with Crippen molar-refractivity contribution in [1.82, 2.24) is 58.1 Å². The Hall–Kier alpha value is -3.91. The molecular weight excluding hydrogens is 701 g/mol. The van der Waals surface area contributed by atoms with Crippen LogP contribution in [0.15, 0.2) is 36.4 Å². The van der Waals surface area contributed by atoms with Crippen LogP contribution in [0.5, 0.6) is 0 Å². The molecule has 14 N–H and O–H groups in total. The van der Waals surface area contributed by atoms with Crippen molar-refractivity contribution in [3.63, 3.8) is 0 Å². The lowest BCUT2D eigenvalue weighted by atomic mass is 9.99. The number of carbonyl (C=O) groups excluding carboxylic acids is 3. The molecule has 17 nitrogen and oxygen atoms in total. The molecule has 0 spiro atoms. The second-order valence-corrected chi connectivity index (χ2v) is 15.2. The van der Waals surface area contributed by atoms with Gasteiger partial charge < -0.3 is 48.3 Å². The molecule has 0 aromatic heterocycles. The molecule has 6 atom stereocenters. The molecule has 6 unspecified atom stereocenters. The van der Waals surface area contributed by atoms with Gasteiger partial charge in [0.25, 0.3) is 0 Å². The first-order chi connectivity index (χ1) is 26.7. The van der Waals surface area contributed by atoms with Gasteiger partial charge in [-0.1, -0.05) is 12.1 Å². The standard InChI is InChI=1S/C38H62N14O3/c1-24-17-32(41-12-3-11-39)48-35(44-24)51-38(55)47-31-8-6-27-10-16-52(22-29(27)20-31)23-34(53)43-14-4-13-42-33-18-25(2)45-36(49-33)50-37(54)46-30-7-5-26-9-15-40-21-28(26)19-30/h5-8,19-20,24-25,32-33,35-36,40-42,44-45,48-49H,3-4,9-18,21-23,39H2,1-2H3,(H,43,53)(H2,46,50,54)(H2,47,51,55). The topological polar surface area (TPSA) is 225 Å². The van der Waals surface area contributed by atoms with E-state index in [0.29, 0.717) is 38.4 Å². The molecule has 302 valence electrons. The van der Waals surface area contributed by atoms with E-state index < -0.39 is 0 Å². The first-order valence-corrected chi connectivity index (χ1v) is 20.0. The van der Waals surface area contributed by atoms with Gasteiger partial charge in [-0.2, -0.15) is 0 Å². The van der Waals surface area contributed by atoms with Crippen LogP contribution in [0, 0.1) is 0 Å². The number of amides is 5. The molecule has 0 radical (unpaired) electrons. The maximum atomic E-state index is 12.9. The second-order valence-electron chi connectivity index (χ2n) is 15.2. The molecule has 4 heterocycles. The largest absolute Gasteiger partial charge is 0.355 e. The van der Waals surface area contributed by atoms with E-state index in [9.17, 15) is 14.4 Å². The Morgan fingerprint density at radius 2 is 1.35 bits per heavy atom. The third-order valence-corrected chi connectivity index (χ3v) is 10.5. The molecule has 0 aliphatic carbocycles. The van der Waals surface area contributed by atoms with E-state index in [1.54, 1.807) is 0 Å². The normalized spacial score (nSPS) is 25.2. The van der Waals surface area contributed by atoms with E-state index in [-0.39, 0.29) is 55.0 Å². The van der Waals surface area contributed by atoms with Crippen molar-refractivity contribution in [2.45, 2.75) is 102 Å². The highest BCUT2D eigenvalue weighted by Crippen LogP contribution is 2.23. The molecule has 4 aliphatic heterocycles. The van der Waals surface area contributed by atoms with E-state index in [0.717, 1.165) is 76.0 Å². The molecule has 0 saturated carbocycles. The van der Waals surface area contributed by atoms with Crippen molar-refractivity contribution in [2.75, 3.05) is 56.4 Å². The predicted octanol–water partition coefficient (Wildman–Crippen LogP) is -0.170. The Morgan fingerprint density at radius 3 is 1.98 bits per heavy atom. The fraction of sp³-hybridized carbons (Fsp3) is 0.605. The van der Waals surface area contributed by atoms with Gasteiger partial charge in [-0.15, -0.1) is 0 Å². The van der Waals surface area contributed by atoms with Crippen LogP contribution in [0.3, 0.4) is 0 Å². The van der Waals surface area contributed by atoms with Crippen LogP contribution in [0.4, 0.5) is 21.0 Å². The van der Waals surface area contributed by atoms with Crippen molar-refractivity contribution < 1.29 is 14.4 Å². The van der Waals surface area contributed by atoms with E-state index in [4.69, 9.17) is 5.73 Å². The van der Waals surface area contributed by atoms with Crippen LogP contribution >= 0.6 is 0 Å². The van der Waals surface area contributed by atoms with Gasteiger partial charge >= 0.3 is 12.1 Å². The highest BCUT2D eigenvalue weighted by molar-refractivity contribution is 5.90.